The summed E-state index contributed by atoms with van der Waals surface area (Å²) in [6, 6.07) is 10.6. The van der Waals surface area contributed by atoms with Gasteiger partial charge < -0.3 is 18.9 Å². The van der Waals surface area contributed by atoms with Crippen molar-refractivity contribution in [1.29, 1.82) is 0 Å². The molecule has 0 unspecified atom stereocenters. The van der Waals surface area contributed by atoms with Crippen LogP contribution in [0.1, 0.15) is 22.8 Å². The van der Waals surface area contributed by atoms with Gasteiger partial charge >= 0.3 is 0 Å². The minimum Gasteiger partial charge on any atom is -0.486 e. The second-order valence-electron chi connectivity index (χ2n) is 5.56. The van der Waals surface area contributed by atoms with Gasteiger partial charge in [-0.1, -0.05) is 0 Å². The summed E-state index contributed by atoms with van der Waals surface area (Å²) < 4.78 is 21.6. The first-order chi connectivity index (χ1) is 12.2. The molecule has 4 rings (SSSR count). The number of benzene rings is 2. The number of hydrazone groups is 1. The van der Waals surface area contributed by atoms with E-state index in [4.69, 9.17) is 18.9 Å². The topological polar surface area (TPSA) is 78.4 Å². The van der Waals surface area contributed by atoms with Gasteiger partial charge in [0.1, 0.15) is 13.2 Å². The third kappa shape index (κ3) is 3.08. The molecule has 0 saturated heterocycles. The SMILES string of the molecule is CC(=NNC(=O)c1ccc2c(c1)OCO2)c1ccc2c(c1)OCCO2. The first-order valence-electron chi connectivity index (χ1n) is 7.85. The number of rotatable bonds is 3. The van der Waals surface area contributed by atoms with E-state index >= 15 is 0 Å². The van der Waals surface area contributed by atoms with E-state index in [-0.39, 0.29) is 12.7 Å². The van der Waals surface area contributed by atoms with Crippen molar-refractivity contribution in [2.75, 3.05) is 20.0 Å². The summed E-state index contributed by atoms with van der Waals surface area (Å²) in [5.74, 6) is 2.26. The van der Waals surface area contributed by atoms with Crippen LogP contribution in [0.3, 0.4) is 0 Å². The Kier molecular flexibility index (Phi) is 3.89. The number of hydrogen-bond acceptors (Lipinski definition) is 6. The molecule has 25 heavy (non-hydrogen) atoms. The van der Waals surface area contributed by atoms with Crippen LogP contribution in [0.4, 0.5) is 0 Å². The van der Waals surface area contributed by atoms with E-state index in [1.54, 1.807) is 18.2 Å². The number of hydrogen-bond donors (Lipinski definition) is 1. The molecule has 0 atom stereocenters. The Morgan fingerprint density at radius 3 is 2.32 bits per heavy atom. The first-order valence-corrected chi connectivity index (χ1v) is 7.85. The molecule has 7 heteroatoms. The maximum atomic E-state index is 12.3. The molecule has 0 aliphatic carbocycles. The van der Waals surface area contributed by atoms with Gasteiger partial charge in [0.2, 0.25) is 6.79 Å². The summed E-state index contributed by atoms with van der Waals surface area (Å²) >= 11 is 0. The van der Waals surface area contributed by atoms with Gasteiger partial charge in [-0.15, -0.1) is 0 Å². The quantitative estimate of drug-likeness (QED) is 0.685. The van der Waals surface area contributed by atoms with Crippen molar-refractivity contribution < 1.29 is 23.7 Å². The van der Waals surface area contributed by atoms with Crippen molar-refractivity contribution in [3.8, 4) is 23.0 Å². The molecule has 128 valence electrons. The number of amides is 1. The van der Waals surface area contributed by atoms with E-state index < -0.39 is 0 Å². The van der Waals surface area contributed by atoms with E-state index in [2.05, 4.69) is 10.5 Å². The van der Waals surface area contributed by atoms with Crippen LogP contribution in [-0.2, 0) is 0 Å². The Morgan fingerprint density at radius 2 is 1.48 bits per heavy atom. The lowest BCUT2D eigenvalue weighted by atomic mass is 10.1. The Balaban J connectivity index is 1.48. The number of carbonyl (C=O) groups excluding carboxylic acids is 1. The van der Waals surface area contributed by atoms with Gasteiger partial charge in [-0.25, -0.2) is 5.43 Å². The second kappa shape index (κ2) is 6.35. The second-order valence-corrected chi connectivity index (χ2v) is 5.56. The standard InChI is InChI=1S/C18H16N2O5/c1-11(12-2-4-14-16(8-12)23-7-6-22-14)19-20-18(21)13-3-5-15-17(9-13)25-10-24-15/h2-5,8-9H,6-7,10H2,1H3,(H,20,21). The minimum absolute atomic E-state index is 0.168. The molecule has 0 radical (unpaired) electrons. The summed E-state index contributed by atoms with van der Waals surface area (Å²) in [5.41, 5.74) is 4.50. The summed E-state index contributed by atoms with van der Waals surface area (Å²) in [7, 11) is 0. The van der Waals surface area contributed by atoms with Crippen LogP contribution in [0.5, 0.6) is 23.0 Å². The first kappa shape index (κ1) is 15.3. The number of nitrogens with one attached hydrogen (secondary N) is 1. The van der Waals surface area contributed by atoms with Gasteiger partial charge in [-0.2, -0.15) is 5.10 Å². The molecule has 1 amide bonds. The zero-order chi connectivity index (χ0) is 17.2. The fourth-order valence-corrected chi connectivity index (χ4v) is 2.57. The average molecular weight is 340 g/mol. The van der Waals surface area contributed by atoms with Gasteiger partial charge in [-0.05, 0) is 43.3 Å². The zero-order valence-corrected chi connectivity index (χ0v) is 13.6. The number of carbonyl (C=O) groups is 1. The molecule has 1 N–H and O–H groups in total. The van der Waals surface area contributed by atoms with Crippen LogP contribution < -0.4 is 24.4 Å². The van der Waals surface area contributed by atoms with Crippen LogP contribution in [-0.4, -0.2) is 31.6 Å². The fraction of sp³-hybridized carbons (Fsp3) is 0.222. The molecule has 0 fully saturated rings. The van der Waals surface area contributed by atoms with Crippen LogP contribution in [0, 0.1) is 0 Å². The molecule has 0 spiro atoms. The fourth-order valence-electron chi connectivity index (χ4n) is 2.57. The van der Waals surface area contributed by atoms with E-state index in [1.807, 2.05) is 25.1 Å². The zero-order valence-electron chi connectivity index (χ0n) is 13.6. The van der Waals surface area contributed by atoms with Gasteiger partial charge in [0, 0.05) is 11.1 Å². The Morgan fingerprint density at radius 1 is 0.880 bits per heavy atom. The third-order valence-electron chi connectivity index (χ3n) is 3.92. The van der Waals surface area contributed by atoms with Crippen molar-refractivity contribution in [2.45, 2.75) is 6.92 Å². The lowest BCUT2D eigenvalue weighted by Gasteiger charge is -2.18. The molecular weight excluding hydrogens is 324 g/mol. The highest BCUT2D eigenvalue weighted by atomic mass is 16.7. The van der Waals surface area contributed by atoms with Crippen LogP contribution >= 0.6 is 0 Å². The van der Waals surface area contributed by atoms with E-state index in [9.17, 15) is 4.79 Å². The largest absolute Gasteiger partial charge is 0.486 e. The lowest BCUT2D eigenvalue weighted by molar-refractivity contribution is 0.0954. The minimum atomic E-state index is -0.324. The number of fused-ring (bicyclic) bond motifs is 2. The third-order valence-corrected chi connectivity index (χ3v) is 3.92. The smallest absolute Gasteiger partial charge is 0.271 e. The summed E-state index contributed by atoms with van der Waals surface area (Å²) in [6.07, 6.45) is 0. The Bertz CT molecular complexity index is 863. The molecule has 2 heterocycles. The molecule has 2 aliphatic heterocycles. The number of nitrogens with zero attached hydrogens (tertiary/aromatic N) is 1. The van der Waals surface area contributed by atoms with Crippen molar-refractivity contribution in [3.05, 3.63) is 47.5 Å². The van der Waals surface area contributed by atoms with Crippen LogP contribution in [0.25, 0.3) is 0 Å². The monoisotopic (exact) mass is 340 g/mol. The van der Waals surface area contributed by atoms with Crippen molar-refractivity contribution >= 4 is 11.6 Å². The van der Waals surface area contributed by atoms with E-state index in [1.165, 1.54) is 0 Å². The number of ether oxygens (including phenoxy) is 4. The van der Waals surface area contributed by atoms with E-state index in [0.717, 1.165) is 5.56 Å². The summed E-state index contributed by atoms with van der Waals surface area (Å²) in [4.78, 5) is 12.3. The summed E-state index contributed by atoms with van der Waals surface area (Å²) in [5, 5.41) is 4.16. The average Bonchev–Trinajstić information content (AvgIpc) is 3.13. The molecule has 2 aromatic carbocycles. The molecule has 0 bridgehead atoms. The van der Waals surface area contributed by atoms with E-state index in [0.29, 0.717) is 47.5 Å². The maximum Gasteiger partial charge on any atom is 0.271 e. The Labute approximate surface area is 144 Å². The summed E-state index contributed by atoms with van der Waals surface area (Å²) in [6.45, 7) is 3.05. The van der Waals surface area contributed by atoms with Crippen molar-refractivity contribution in [2.24, 2.45) is 5.10 Å². The lowest BCUT2D eigenvalue weighted by Crippen LogP contribution is -2.19. The van der Waals surface area contributed by atoms with Gasteiger partial charge in [-0.3, -0.25) is 4.79 Å². The van der Waals surface area contributed by atoms with Crippen molar-refractivity contribution in [1.82, 2.24) is 5.43 Å². The highest BCUT2D eigenvalue weighted by Crippen LogP contribution is 2.32. The predicted molar refractivity (Wildman–Crippen MR) is 89.7 cm³/mol. The van der Waals surface area contributed by atoms with Crippen LogP contribution in [0.2, 0.25) is 0 Å². The highest BCUT2D eigenvalue weighted by Gasteiger charge is 2.16. The van der Waals surface area contributed by atoms with Crippen LogP contribution in [0.15, 0.2) is 41.5 Å². The normalized spacial score (nSPS) is 15.0. The molecule has 2 aromatic rings. The molecular formula is C18H16N2O5. The van der Waals surface area contributed by atoms with Gasteiger partial charge in [0.15, 0.2) is 23.0 Å². The molecule has 7 nitrogen and oxygen atoms in total. The van der Waals surface area contributed by atoms with Crippen molar-refractivity contribution in [3.63, 3.8) is 0 Å². The maximum absolute atomic E-state index is 12.3. The Hall–Kier alpha value is -3.22. The van der Waals surface area contributed by atoms with Gasteiger partial charge in [0.05, 0.1) is 5.71 Å². The highest BCUT2D eigenvalue weighted by molar-refractivity contribution is 6.01. The molecule has 2 aliphatic rings. The molecule has 0 saturated carbocycles. The van der Waals surface area contributed by atoms with Gasteiger partial charge in [0.25, 0.3) is 5.91 Å². The molecule has 0 aromatic heterocycles. The predicted octanol–water partition coefficient (Wildman–Crippen LogP) is 2.34.